The molecule has 0 spiro atoms. The molecule has 5 nitrogen and oxygen atoms in total. The van der Waals surface area contributed by atoms with Gasteiger partial charge < -0.3 is 5.11 Å². The van der Waals surface area contributed by atoms with Crippen LogP contribution in [0.1, 0.15) is 30.5 Å². The number of hydrogen-bond donors (Lipinski definition) is 1. The summed E-state index contributed by atoms with van der Waals surface area (Å²) in [6, 6.07) is 23.8. The Morgan fingerprint density at radius 2 is 1.29 bits per heavy atom. The van der Waals surface area contributed by atoms with Crippen LogP contribution in [0.4, 0.5) is 0 Å². The Bertz CT molecular complexity index is 1190. The maximum atomic E-state index is 13.0. The molecule has 0 aromatic heterocycles. The zero-order valence-corrected chi connectivity index (χ0v) is 21.1. The van der Waals surface area contributed by atoms with Crippen LogP contribution < -0.4 is 0 Å². The highest BCUT2D eigenvalue weighted by atomic mass is 32.2. The average Bonchev–Trinajstić information content (AvgIpc) is 2.84. The van der Waals surface area contributed by atoms with Crippen LogP contribution in [-0.4, -0.2) is 56.8 Å². The first kappa shape index (κ1) is 24.7. The van der Waals surface area contributed by atoms with Crippen LogP contribution in [0.2, 0.25) is 0 Å². The highest BCUT2D eigenvalue weighted by molar-refractivity contribution is 7.89. The fraction of sp³-hybridized carbons (Fsp3) is 0.333. The summed E-state index contributed by atoms with van der Waals surface area (Å²) in [6.45, 7) is 6.81. The second-order valence-corrected chi connectivity index (χ2v) is 11.4. The molecule has 0 saturated carbocycles. The van der Waals surface area contributed by atoms with E-state index < -0.39 is 15.6 Å². The number of hydrogen-bond acceptors (Lipinski definition) is 4. The molecule has 1 aliphatic heterocycles. The predicted octanol–water partition coefficient (Wildman–Crippen LogP) is 3.22. The fourth-order valence-corrected chi connectivity index (χ4v) is 5.73. The van der Waals surface area contributed by atoms with Crippen molar-refractivity contribution in [1.29, 1.82) is 0 Å². The van der Waals surface area contributed by atoms with Crippen molar-refractivity contribution in [3.05, 3.63) is 89.5 Å². The van der Waals surface area contributed by atoms with Crippen molar-refractivity contribution < 1.29 is 13.5 Å². The van der Waals surface area contributed by atoms with E-state index in [0.717, 1.165) is 35.1 Å². The van der Waals surface area contributed by atoms with E-state index >= 15 is 0 Å². The first-order valence-corrected chi connectivity index (χ1v) is 13.3. The SMILES string of the molecule is BCc1ccc(S(=O)(=O)N2CCN(Cc3ccc(-c4ccc(C(C)(C)O)cc4)cc3)CC2)cc1. The van der Waals surface area contributed by atoms with Crippen molar-refractivity contribution in [1.82, 2.24) is 9.21 Å². The van der Waals surface area contributed by atoms with Gasteiger partial charge in [0.1, 0.15) is 7.85 Å². The van der Waals surface area contributed by atoms with Crippen LogP contribution in [0.15, 0.2) is 77.7 Å². The molecule has 3 aromatic rings. The smallest absolute Gasteiger partial charge is 0.243 e. The van der Waals surface area contributed by atoms with Gasteiger partial charge >= 0.3 is 0 Å². The van der Waals surface area contributed by atoms with Crippen LogP contribution >= 0.6 is 0 Å². The fourth-order valence-electron chi connectivity index (χ4n) is 4.31. The van der Waals surface area contributed by atoms with Crippen molar-refractivity contribution >= 4 is 17.9 Å². The van der Waals surface area contributed by atoms with E-state index in [2.05, 4.69) is 37.0 Å². The van der Waals surface area contributed by atoms with Crippen molar-refractivity contribution in [2.24, 2.45) is 0 Å². The molecule has 0 unspecified atom stereocenters. The van der Waals surface area contributed by atoms with Crippen LogP contribution in [0.5, 0.6) is 0 Å². The number of aliphatic hydroxyl groups is 1. The van der Waals surface area contributed by atoms with Gasteiger partial charge in [0.25, 0.3) is 0 Å². The lowest BCUT2D eigenvalue weighted by atomic mass is 9.95. The van der Waals surface area contributed by atoms with Gasteiger partial charge in [-0.2, -0.15) is 4.31 Å². The Morgan fingerprint density at radius 3 is 1.79 bits per heavy atom. The minimum atomic E-state index is -3.44. The molecule has 4 rings (SSSR count). The first-order chi connectivity index (χ1) is 16.2. The molecule has 1 heterocycles. The molecule has 1 saturated heterocycles. The maximum Gasteiger partial charge on any atom is 0.243 e. The summed E-state index contributed by atoms with van der Waals surface area (Å²) < 4.78 is 27.6. The molecule has 0 atom stereocenters. The molecule has 7 heteroatoms. The van der Waals surface area contributed by atoms with E-state index in [1.807, 2.05) is 36.4 Å². The van der Waals surface area contributed by atoms with Crippen LogP contribution in [0, 0.1) is 0 Å². The third kappa shape index (κ3) is 5.61. The molecule has 1 aliphatic rings. The van der Waals surface area contributed by atoms with Gasteiger partial charge in [0, 0.05) is 32.7 Å². The van der Waals surface area contributed by atoms with E-state index in [4.69, 9.17) is 0 Å². The summed E-state index contributed by atoms with van der Waals surface area (Å²) in [6.07, 6.45) is 0.897. The van der Waals surface area contributed by atoms with Gasteiger partial charge in [-0.05, 0) is 48.2 Å². The molecular formula is C27H33BN2O3S. The normalized spacial score (nSPS) is 16.0. The maximum absolute atomic E-state index is 13.0. The van der Waals surface area contributed by atoms with Crippen molar-refractivity contribution in [2.75, 3.05) is 26.2 Å². The molecule has 0 amide bonds. The van der Waals surface area contributed by atoms with Crippen molar-refractivity contribution in [3.63, 3.8) is 0 Å². The van der Waals surface area contributed by atoms with Gasteiger partial charge in [0.2, 0.25) is 10.0 Å². The lowest BCUT2D eigenvalue weighted by Crippen LogP contribution is -2.48. The zero-order chi connectivity index (χ0) is 24.3. The molecule has 178 valence electrons. The Kier molecular flexibility index (Phi) is 7.29. The number of sulfonamides is 1. The van der Waals surface area contributed by atoms with Crippen LogP contribution in [0.3, 0.4) is 0 Å². The lowest BCUT2D eigenvalue weighted by Gasteiger charge is -2.34. The molecule has 3 aromatic carbocycles. The minimum Gasteiger partial charge on any atom is -0.386 e. The van der Waals surface area contributed by atoms with Crippen LogP contribution in [0.25, 0.3) is 11.1 Å². The van der Waals surface area contributed by atoms with Gasteiger partial charge in [-0.1, -0.05) is 72.5 Å². The number of piperazine rings is 1. The second-order valence-electron chi connectivity index (χ2n) is 9.51. The monoisotopic (exact) mass is 476 g/mol. The summed E-state index contributed by atoms with van der Waals surface area (Å²) in [5, 5.41) is 10.1. The summed E-state index contributed by atoms with van der Waals surface area (Å²) in [4.78, 5) is 2.68. The Labute approximate surface area is 204 Å². The van der Waals surface area contributed by atoms with E-state index in [1.165, 1.54) is 5.56 Å². The van der Waals surface area contributed by atoms with Gasteiger partial charge in [-0.25, -0.2) is 8.42 Å². The number of benzene rings is 3. The summed E-state index contributed by atoms with van der Waals surface area (Å²) in [5.74, 6) is 0. The standard InChI is InChI=1S/C27H33BN2O3S/c1-27(2,31)25-11-9-24(10-12-25)23-7-3-22(4-8-23)20-29-15-17-30(18-16-29)34(32,33)26-13-5-21(19-28)6-14-26/h3-14,31H,15-20,28H2,1-2H3. The molecule has 34 heavy (non-hydrogen) atoms. The Hall–Kier alpha value is -2.45. The molecule has 0 radical (unpaired) electrons. The number of nitrogens with zero attached hydrogens (tertiary/aromatic N) is 2. The van der Waals surface area contributed by atoms with Crippen LogP contribution in [-0.2, 0) is 28.5 Å². The van der Waals surface area contributed by atoms with Crippen molar-refractivity contribution in [3.8, 4) is 11.1 Å². The second kappa shape index (κ2) is 10.0. The van der Waals surface area contributed by atoms with Gasteiger partial charge in [0.05, 0.1) is 10.5 Å². The topological polar surface area (TPSA) is 60.9 Å². The Morgan fingerprint density at radius 1 is 0.794 bits per heavy atom. The summed E-state index contributed by atoms with van der Waals surface area (Å²) in [7, 11) is -1.38. The highest BCUT2D eigenvalue weighted by Gasteiger charge is 2.28. The largest absolute Gasteiger partial charge is 0.386 e. The Balaban J connectivity index is 1.34. The van der Waals surface area contributed by atoms with Gasteiger partial charge in [-0.3, -0.25) is 4.90 Å². The molecule has 1 N–H and O–H groups in total. The molecule has 0 aliphatic carbocycles. The first-order valence-electron chi connectivity index (χ1n) is 11.9. The lowest BCUT2D eigenvalue weighted by molar-refractivity contribution is 0.0786. The highest BCUT2D eigenvalue weighted by Crippen LogP contribution is 2.25. The third-order valence-corrected chi connectivity index (χ3v) is 8.50. The van der Waals surface area contributed by atoms with E-state index in [9.17, 15) is 13.5 Å². The molecule has 0 bridgehead atoms. The van der Waals surface area contributed by atoms with E-state index in [0.29, 0.717) is 31.1 Å². The molecular weight excluding hydrogens is 443 g/mol. The average molecular weight is 476 g/mol. The minimum absolute atomic E-state index is 0.379. The van der Waals surface area contributed by atoms with Gasteiger partial charge in [0.15, 0.2) is 0 Å². The third-order valence-electron chi connectivity index (χ3n) is 6.59. The molecule has 1 fully saturated rings. The van der Waals surface area contributed by atoms with Gasteiger partial charge in [-0.15, -0.1) is 0 Å². The van der Waals surface area contributed by atoms with E-state index in [-0.39, 0.29) is 0 Å². The predicted molar refractivity (Wildman–Crippen MR) is 140 cm³/mol. The summed E-state index contributed by atoms with van der Waals surface area (Å²) in [5.41, 5.74) is 4.66. The summed E-state index contributed by atoms with van der Waals surface area (Å²) >= 11 is 0. The van der Waals surface area contributed by atoms with Crippen molar-refractivity contribution in [2.45, 2.75) is 37.2 Å². The zero-order valence-electron chi connectivity index (χ0n) is 20.2. The number of rotatable bonds is 7. The van der Waals surface area contributed by atoms with E-state index in [1.54, 1.807) is 30.3 Å². The quantitative estimate of drug-likeness (QED) is 0.532.